The number of hydrogen-bond donors (Lipinski definition) is 2. The van der Waals surface area contributed by atoms with Gasteiger partial charge in [0.05, 0.1) is 6.42 Å². The largest absolute Gasteiger partial charge is 0.385 e. The van der Waals surface area contributed by atoms with Crippen molar-refractivity contribution in [2.75, 3.05) is 18.9 Å². The molecule has 3 nitrogen and oxygen atoms in total. The highest BCUT2D eigenvalue weighted by Gasteiger charge is 2.12. The summed E-state index contributed by atoms with van der Waals surface area (Å²) in [4.78, 5) is 11.3. The van der Waals surface area contributed by atoms with Crippen LogP contribution in [0.25, 0.3) is 0 Å². The molecule has 1 amide bonds. The van der Waals surface area contributed by atoms with E-state index in [-0.39, 0.29) is 5.91 Å². The Balaban J connectivity index is 1.71. The Morgan fingerprint density at radius 1 is 1.15 bits per heavy atom. The lowest BCUT2D eigenvalue weighted by Crippen LogP contribution is -2.19. The monoisotopic (exact) mass is 274 g/mol. The molecular weight excluding hydrogens is 248 g/mol. The maximum Gasteiger partial charge on any atom is 0.224 e. The minimum atomic E-state index is 0.0583. The van der Waals surface area contributed by atoms with E-state index in [0.29, 0.717) is 6.42 Å². The van der Waals surface area contributed by atoms with Crippen LogP contribution in [0.15, 0.2) is 24.3 Å². The first-order valence-corrected chi connectivity index (χ1v) is 7.81. The SMILES string of the molecule is CNC(=O)Cc1ccc(NCCC2CCCCC2)cc1. The van der Waals surface area contributed by atoms with Crippen LogP contribution in [0, 0.1) is 5.92 Å². The molecule has 1 saturated carbocycles. The summed E-state index contributed by atoms with van der Waals surface area (Å²) in [6, 6.07) is 8.19. The highest BCUT2D eigenvalue weighted by atomic mass is 16.1. The van der Waals surface area contributed by atoms with E-state index in [0.717, 1.165) is 23.7 Å². The second-order valence-electron chi connectivity index (χ2n) is 5.77. The number of amides is 1. The van der Waals surface area contributed by atoms with Crippen LogP contribution in [0.5, 0.6) is 0 Å². The molecule has 2 rings (SSSR count). The predicted octanol–water partition coefficient (Wildman–Crippen LogP) is 3.36. The van der Waals surface area contributed by atoms with Gasteiger partial charge in [0.1, 0.15) is 0 Å². The Labute approximate surface area is 122 Å². The quantitative estimate of drug-likeness (QED) is 0.835. The summed E-state index contributed by atoms with van der Waals surface area (Å²) in [6.07, 6.45) is 8.81. The third-order valence-corrected chi connectivity index (χ3v) is 4.20. The Hall–Kier alpha value is -1.51. The van der Waals surface area contributed by atoms with Crippen LogP contribution in [-0.4, -0.2) is 19.5 Å². The van der Waals surface area contributed by atoms with E-state index in [1.54, 1.807) is 7.05 Å². The summed E-state index contributed by atoms with van der Waals surface area (Å²) in [6.45, 7) is 1.06. The van der Waals surface area contributed by atoms with Gasteiger partial charge in [-0.05, 0) is 30.0 Å². The van der Waals surface area contributed by atoms with E-state index in [1.165, 1.54) is 38.5 Å². The van der Waals surface area contributed by atoms with Crippen molar-refractivity contribution in [3.8, 4) is 0 Å². The number of carbonyl (C=O) groups is 1. The first-order chi connectivity index (χ1) is 9.78. The highest BCUT2D eigenvalue weighted by molar-refractivity contribution is 5.78. The molecule has 110 valence electrons. The summed E-state index contributed by atoms with van der Waals surface area (Å²) >= 11 is 0. The minimum absolute atomic E-state index is 0.0583. The average molecular weight is 274 g/mol. The van der Waals surface area contributed by atoms with Crippen LogP contribution in [0.4, 0.5) is 5.69 Å². The van der Waals surface area contributed by atoms with Crippen molar-refractivity contribution in [3.05, 3.63) is 29.8 Å². The molecule has 0 aromatic heterocycles. The maximum atomic E-state index is 11.3. The normalized spacial score (nSPS) is 15.8. The van der Waals surface area contributed by atoms with Crippen molar-refractivity contribution in [3.63, 3.8) is 0 Å². The van der Waals surface area contributed by atoms with Crippen molar-refractivity contribution in [2.24, 2.45) is 5.92 Å². The third-order valence-electron chi connectivity index (χ3n) is 4.20. The zero-order valence-electron chi connectivity index (χ0n) is 12.5. The fourth-order valence-corrected chi connectivity index (χ4v) is 2.91. The van der Waals surface area contributed by atoms with Gasteiger partial charge in [0, 0.05) is 19.3 Å². The van der Waals surface area contributed by atoms with Crippen LogP contribution in [0.2, 0.25) is 0 Å². The topological polar surface area (TPSA) is 41.1 Å². The summed E-state index contributed by atoms with van der Waals surface area (Å²) in [5.41, 5.74) is 2.21. The summed E-state index contributed by atoms with van der Waals surface area (Å²) < 4.78 is 0. The Bertz CT molecular complexity index is 408. The Morgan fingerprint density at radius 2 is 1.85 bits per heavy atom. The number of nitrogens with one attached hydrogen (secondary N) is 2. The molecule has 2 N–H and O–H groups in total. The van der Waals surface area contributed by atoms with Crippen molar-refractivity contribution in [1.29, 1.82) is 0 Å². The van der Waals surface area contributed by atoms with Gasteiger partial charge in [-0.3, -0.25) is 4.79 Å². The molecule has 0 aliphatic heterocycles. The lowest BCUT2D eigenvalue weighted by atomic mass is 9.87. The van der Waals surface area contributed by atoms with Crippen LogP contribution in [0.3, 0.4) is 0 Å². The van der Waals surface area contributed by atoms with Crippen molar-refractivity contribution >= 4 is 11.6 Å². The highest BCUT2D eigenvalue weighted by Crippen LogP contribution is 2.26. The molecule has 0 heterocycles. The van der Waals surface area contributed by atoms with Gasteiger partial charge in [-0.15, -0.1) is 0 Å². The van der Waals surface area contributed by atoms with E-state index >= 15 is 0 Å². The van der Waals surface area contributed by atoms with Gasteiger partial charge >= 0.3 is 0 Å². The van der Waals surface area contributed by atoms with Gasteiger partial charge in [-0.25, -0.2) is 0 Å². The van der Waals surface area contributed by atoms with Crippen LogP contribution >= 0.6 is 0 Å². The molecule has 0 bridgehead atoms. The fraction of sp³-hybridized carbons (Fsp3) is 0.588. The third kappa shape index (κ3) is 4.87. The summed E-state index contributed by atoms with van der Waals surface area (Å²) in [5.74, 6) is 0.979. The molecule has 3 heteroatoms. The van der Waals surface area contributed by atoms with E-state index in [4.69, 9.17) is 0 Å². The van der Waals surface area contributed by atoms with Gasteiger partial charge < -0.3 is 10.6 Å². The van der Waals surface area contributed by atoms with Gasteiger partial charge in [0.25, 0.3) is 0 Å². The van der Waals surface area contributed by atoms with Crippen molar-refractivity contribution < 1.29 is 4.79 Å². The van der Waals surface area contributed by atoms with Crippen LogP contribution < -0.4 is 10.6 Å². The first-order valence-electron chi connectivity index (χ1n) is 7.81. The maximum absolute atomic E-state index is 11.3. The molecule has 1 aliphatic rings. The minimum Gasteiger partial charge on any atom is -0.385 e. The average Bonchev–Trinajstić information content (AvgIpc) is 2.50. The second kappa shape index (κ2) is 7.93. The number of likely N-dealkylation sites (N-methyl/N-ethyl adjacent to an activating group) is 1. The second-order valence-corrected chi connectivity index (χ2v) is 5.77. The van der Waals surface area contributed by atoms with Crippen molar-refractivity contribution in [1.82, 2.24) is 5.32 Å². The zero-order valence-corrected chi connectivity index (χ0v) is 12.5. The smallest absolute Gasteiger partial charge is 0.224 e. The molecule has 1 aromatic rings. The van der Waals surface area contributed by atoms with E-state index in [9.17, 15) is 4.79 Å². The molecule has 1 fully saturated rings. The summed E-state index contributed by atoms with van der Waals surface area (Å²) in [5, 5.41) is 6.13. The molecule has 0 unspecified atom stereocenters. The van der Waals surface area contributed by atoms with E-state index in [2.05, 4.69) is 22.8 Å². The van der Waals surface area contributed by atoms with E-state index < -0.39 is 0 Å². The zero-order chi connectivity index (χ0) is 14.2. The number of benzene rings is 1. The number of hydrogen-bond acceptors (Lipinski definition) is 2. The lowest BCUT2D eigenvalue weighted by Gasteiger charge is -2.21. The molecule has 1 aromatic carbocycles. The van der Waals surface area contributed by atoms with Crippen molar-refractivity contribution in [2.45, 2.75) is 44.9 Å². The molecule has 0 spiro atoms. The van der Waals surface area contributed by atoms with Crippen LogP contribution in [0.1, 0.15) is 44.1 Å². The van der Waals surface area contributed by atoms with E-state index in [1.807, 2.05) is 12.1 Å². The number of carbonyl (C=O) groups excluding carboxylic acids is 1. The lowest BCUT2D eigenvalue weighted by molar-refractivity contribution is -0.119. The first kappa shape index (κ1) is 14.9. The van der Waals surface area contributed by atoms with Crippen LogP contribution in [-0.2, 0) is 11.2 Å². The standard InChI is InChI=1S/C17H26N2O/c1-18-17(20)13-15-7-9-16(10-8-15)19-12-11-14-5-3-2-4-6-14/h7-10,14,19H,2-6,11-13H2,1H3,(H,18,20). The molecule has 20 heavy (non-hydrogen) atoms. The van der Waals surface area contributed by atoms with Gasteiger partial charge in [0.15, 0.2) is 0 Å². The Kier molecular flexibility index (Phi) is 5.90. The van der Waals surface area contributed by atoms with Gasteiger partial charge in [-0.2, -0.15) is 0 Å². The van der Waals surface area contributed by atoms with Gasteiger partial charge in [0.2, 0.25) is 5.91 Å². The number of rotatable bonds is 6. The molecule has 0 atom stereocenters. The van der Waals surface area contributed by atoms with Gasteiger partial charge in [-0.1, -0.05) is 44.2 Å². The fourth-order valence-electron chi connectivity index (χ4n) is 2.91. The molecule has 0 radical (unpaired) electrons. The summed E-state index contributed by atoms with van der Waals surface area (Å²) in [7, 11) is 1.67. The molecule has 1 aliphatic carbocycles. The Morgan fingerprint density at radius 3 is 2.50 bits per heavy atom. The number of anilines is 1. The predicted molar refractivity (Wildman–Crippen MR) is 83.9 cm³/mol. The molecule has 0 saturated heterocycles. The molecular formula is C17H26N2O.